The summed E-state index contributed by atoms with van der Waals surface area (Å²) in [6, 6.07) is 9.75. The van der Waals surface area contributed by atoms with E-state index >= 15 is 0 Å². The smallest absolute Gasteiger partial charge is 0.269 e. The van der Waals surface area contributed by atoms with Gasteiger partial charge in [-0.1, -0.05) is 37.0 Å². The summed E-state index contributed by atoms with van der Waals surface area (Å²) in [5.41, 5.74) is 0.936. The van der Waals surface area contributed by atoms with Gasteiger partial charge in [0.25, 0.3) is 11.6 Å². The van der Waals surface area contributed by atoms with Gasteiger partial charge in [0.15, 0.2) is 0 Å². The summed E-state index contributed by atoms with van der Waals surface area (Å²) in [6.45, 7) is 4.36. The molecule has 0 radical (unpaired) electrons. The van der Waals surface area contributed by atoms with E-state index in [1.165, 1.54) is 24.3 Å². The second-order valence-corrected chi connectivity index (χ2v) is 7.68. The summed E-state index contributed by atoms with van der Waals surface area (Å²) in [4.78, 5) is 35.2. The molecule has 0 aliphatic carbocycles. The molecule has 0 bridgehead atoms. The molecule has 10 heteroatoms. The summed E-state index contributed by atoms with van der Waals surface area (Å²) in [5, 5.41) is 19.8. The number of nitro groups is 1. The van der Waals surface area contributed by atoms with Crippen LogP contribution in [0.15, 0.2) is 42.5 Å². The summed E-state index contributed by atoms with van der Waals surface area (Å²) in [6.07, 6.45) is 0. The van der Waals surface area contributed by atoms with Crippen molar-refractivity contribution in [3.8, 4) is 0 Å². The number of anilines is 1. The molecule has 160 valence electrons. The van der Waals surface area contributed by atoms with Crippen LogP contribution in [-0.4, -0.2) is 35.9 Å². The Balaban J connectivity index is 1.87. The van der Waals surface area contributed by atoms with Crippen LogP contribution in [0.4, 0.5) is 11.4 Å². The van der Waals surface area contributed by atoms with Gasteiger partial charge in [0.2, 0.25) is 5.91 Å². The molecule has 0 aliphatic heterocycles. The lowest BCUT2D eigenvalue weighted by atomic mass is 10.0. The average Bonchev–Trinajstić information content (AvgIpc) is 2.69. The number of nitrogens with zero attached hydrogens (tertiary/aromatic N) is 1. The maximum absolute atomic E-state index is 12.5. The second-order valence-electron chi connectivity index (χ2n) is 6.84. The summed E-state index contributed by atoms with van der Waals surface area (Å²) < 4.78 is 0. The number of rotatable bonds is 9. The van der Waals surface area contributed by atoms with E-state index < -0.39 is 16.9 Å². The topological polar surface area (TPSA) is 113 Å². The Hall–Kier alpha value is -2.84. The monoisotopic (exact) mass is 452 g/mol. The van der Waals surface area contributed by atoms with Gasteiger partial charge in [-0.25, -0.2) is 0 Å². The van der Waals surface area contributed by atoms with Crippen molar-refractivity contribution in [3.05, 3.63) is 68.2 Å². The zero-order chi connectivity index (χ0) is 22.3. The SMILES string of the molecule is CC(C)C(NC(=O)c1ccc(Cl)cc1Cl)C(=O)NCCNc1ccc([N+](=O)[O-])cc1. The predicted molar refractivity (Wildman–Crippen MR) is 117 cm³/mol. The highest BCUT2D eigenvalue weighted by Gasteiger charge is 2.25. The number of hydrogen-bond acceptors (Lipinski definition) is 5. The first-order valence-electron chi connectivity index (χ1n) is 9.21. The van der Waals surface area contributed by atoms with Crippen LogP contribution in [0.25, 0.3) is 0 Å². The lowest BCUT2D eigenvalue weighted by Crippen LogP contribution is -2.50. The molecule has 0 saturated heterocycles. The predicted octanol–water partition coefficient (Wildman–Crippen LogP) is 3.88. The van der Waals surface area contributed by atoms with Gasteiger partial charge in [-0.05, 0) is 36.2 Å². The normalized spacial score (nSPS) is 11.6. The van der Waals surface area contributed by atoms with E-state index in [-0.39, 0.29) is 28.1 Å². The van der Waals surface area contributed by atoms with E-state index in [4.69, 9.17) is 23.2 Å². The van der Waals surface area contributed by atoms with E-state index in [0.717, 1.165) is 0 Å². The van der Waals surface area contributed by atoms with Crippen molar-refractivity contribution in [3.63, 3.8) is 0 Å². The number of halogens is 2. The van der Waals surface area contributed by atoms with Gasteiger partial charge in [-0.15, -0.1) is 0 Å². The van der Waals surface area contributed by atoms with Crippen LogP contribution in [0.5, 0.6) is 0 Å². The Labute approximate surface area is 184 Å². The van der Waals surface area contributed by atoms with Crippen molar-refractivity contribution in [2.24, 2.45) is 5.92 Å². The van der Waals surface area contributed by atoms with Crippen molar-refractivity contribution in [1.82, 2.24) is 10.6 Å². The number of carbonyl (C=O) groups is 2. The molecule has 1 atom stereocenters. The molecule has 2 aromatic rings. The molecule has 0 spiro atoms. The van der Waals surface area contributed by atoms with Gasteiger partial charge in [-0.3, -0.25) is 19.7 Å². The molecule has 30 heavy (non-hydrogen) atoms. The molecule has 0 saturated carbocycles. The molecule has 0 heterocycles. The summed E-state index contributed by atoms with van der Waals surface area (Å²) >= 11 is 11.9. The van der Waals surface area contributed by atoms with Gasteiger partial charge in [-0.2, -0.15) is 0 Å². The third-order valence-electron chi connectivity index (χ3n) is 4.24. The third-order valence-corrected chi connectivity index (χ3v) is 4.79. The van der Waals surface area contributed by atoms with Crippen LogP contribution < -0.4 is 16.0 Å². The van der Waals surface area contributed by atoms with Crippen molar-refractivity contribution in [2.45, 2.75) is 19.9 Å². The Kier molecular flexibility index (Phi) is 8.44. The number of nitro benzene ring substituents is 1. The average molecular weight is 453 g/mol. The van der Waals surface area contributed by atoms with Crippen LogP contribution in [0.3, 0.4) is 0 Å². The maximum atomic E-state index is 12.5. The Morgan fingerprint density at radius 1 is 1.07 bits per heavy atom. The fourth-order valence-electron chi connectivity index (χ4n) is 2.63. The van der Waals surface area contributed by atoms with E-state index in [2.05, 4.69) is 16.0 Å². The van der Waals surface area contributed by atoms with Gasteiger partial charge in [0.05, 0.1) is 15.5 Å². The van der Waals surface area contributed by atoms with Gasteiger partial charge in [0.1, 0.15) is 6.04 Å². The molecule has 1 unspecified atom stereocenters. The van der Waals surface area contributed by atoms with Gasteiger partial charge in [0, 0.05) is 35.9 Å². The van der Waals surface area contributed by atoms with Gasteiger partial charge >= 0.3 is 0 Å². The Morgan fingerprint density at radius 3 is 2.30 bits per heavy atom. The third kappa shape index (κ3) is 6.60. The maximum Gasteiger partial charge on any atom is 0.269 e. The minimum Gasteiger partial charge on any atom is -0.383 e. The van der Waals surface area contributed by atoms with Crippen molar-refractivity contribution < 1.29 is 14.5 Å². The molecule has 8 nitrogen and oxygen atoms in total. The molecule has 2 rings (SSSR count). The number of carbonyl (C=O) groups excluding carboxylic acids is 2. The fourth-order valence-corrected chi connectivity index (χ4v) is 3.13. The van der Waals surface area contributed by atoms with Crippen LogP contribution in [0.1, 0.15) is 24.2 Å². The Morgan fingerprint density at radius 2 is 1.73 bits per heavy atom. The number of hydrogen-bond donors (Lipinski definition) is 3. The van der Waals surface area contributed by atoms with Crippen molar-refractivity contribution >= 4 is 46.4 Å². The largest absolute Gasteiger partial charge is 0.383 e. The van der Waals surface area contributed by atoms with Crippen molar-refractivity contribution in [1.29, 1.82) is 0 Å². The quantitative estimate of drug-likeness (QED) is 0.303. The molecular weight excluding hydrogens is 431 g/mol. The summed E-state index contributed by atoms with van der Waals surface area (Å²) in [7, 11) is 0. The molecule has 0 aliphatic rings. The van der Waals surface area contributed by atoms with Gasteiger partial charge < -0.3 is 16.0 Å². The number of benzene rings is 2. The van der Waals surface area contributed by atoms with Crippen molar-refractivity contribution in [2.75, 3.05) is 18.4 Å². The Bertz CT molecular complexity index is 920. The second kappa shape index (κ2) is 10.8. The van der Waals surface area contributed by atoms with E-state index in [0.29, 0.717) is 23.8 Å². The minimum atomic E-state index is -0.747. The zero-order valence-electron chi connectivity index (χ0n) is 16.4. The summed E-state index contributed by atoms with van der Waals surface area (Å²) in [5.74, 6) is -0.939. The highest BCUT2D eigenvalue weighted by Crippen LogP contribution is 2.21. The zero-order valence-corrected chi connectivity index (χ0v) is 18.0. The standard InChI is InChI=1S/C20H22Cl2N4O4/c1-12(2)18(25-19(27)16-8-3-13(21)11-17(16)22)20(28)24-10-9-23-14-4-6-15(7-5-14)26(29)30/h3-8,11-12,18,23H,9-10H2,1-2H3,(H,24,28)(H,25,27). The van der Waals surface area contributed by atoms with Crippen LogP contribution in [0, 0.1) is 16.0 Å². The van der Waals surface area contributed by atoms with Crippen LogP contribution >= 0.6 is 23.2 Å². The molecular formula is C20H22Cl2N4O4. The molecule has 3 N–H and O–H groups in total. The highest BCUT2D eigenvalue weighted by atomic mass is 35.5. The first-order chi connectivity index (χ1) is 14.2. The molecule has 0 aromatic heterocycles. The number of nitrogens with one attached hydrogen (secondary N) is 3. The molecule has 2 aromatic carbocycles. The van der Waals surface area contributed by atoms with E-state index in [1.54, 1.807) is 18.2 Å². The highest BCUT2D eigenvalue weighted by molar-refractivity contribution is 6.36. The minimum absolute atomic E-state index is 0.00478. The number of amides is 2. The molecule has 2 amide bonds. The lowest BCUT2D eigenvalue weighted by Gasteiger charge is -2.22. The number of non-ortho nitro benzene ring substituents is 1. The van der Waals surface area contributed by atoms with E-state index in [1.807, 2.05) is 13.8 Å². The fraction of sp³-hybridized carbons (Fsp3) is 0.300. The first-order valence-corrected chi connectivity index (χ1v) is 9.96. The lowest BCUT2D eigenvalue weighted by molar-refractivity contribution is -0.384. The van der Waals surface area contributed by atoms with E-state index in [9.17, 15) is 19.7 Å². The first kappa shape index (κ1) is 23.4. The van der Waals surface area contributed by atoms with Crippen LogP contribution in [0.2, 0.25) is 10.0 Å². The molecule has 0 fully saturated rings. The van der Waals surface area contributed by atoms with Crippen LogP contribution in [-0.2, 0) is 4.79 Å².